The van der Waals surface area contributed by atoms with Crippen LogP contribution in [0.3, 0.4) is 0 Å². The summed E-state index contributed by atoms with van der Waals surface area (Å²) in [4.78, 5) is 16.3. The topological polar surface area (TPSA) is 51.2 Å². The van der Waals surface area contributed by atoms with Crippen LogP contribution < -0.4 is 10.1 Å². The highest BCUT2D eigenvalue weighted by atomic mass is 35.5. The largest absolute Gasteiger partial charge is 0.493 e. The Kier molecular flexibility index (Phi) is 4.96. The first-order valence-corrected chi connectivity index (χ1v) is 6.69. The van der Waals surface area contributed by atoms with Gasteiger partial charge in [0, 0.05) is 11.2 Å². The molecule has 5 heteroatoms. The lowest BCUT2D eigenvalue weighted by Crippen LogP contribution is -2.24. The van der Waals surface area contributed by atoms with Gasteiger partial charge in [0.2, 0.25) is 0 Å². The number of nitrogens with one attached hydrogen (secondary N) is 1. The van der Waals surface area contributed by atoms with E-state index in [0.717, 1.165) is 5.69 Å². The van der Waals surface area contributed by atoms with Crippen LogP contribution in [0.2, 0.25) is 5.02 Å². The molecule has 0 unspecified atom stereocenters. The summed E-state index contributed by atoms with van der Waals surface area (Å²) in [6.45, 7) is 2.71. The number of aromatic nitrogens is 1. The van der Waals surface area contributed by atoms with Crippen molar-refractivity contribution in [2.45, 2.75) is 13.5 Å². The second-order valence-electron chi connectivity index (χ2n) is 4.08. The highest BCUT2D eigenvalue weighted by Gasteiger charge is 2.13. The molecular formula is C15H15ClN2O2. The number of hydrogen-bond acceptors (Lipinski definition) is 3. The van der Waals surface area contributed by atoms with Gasteiger partial charge in [-0.1, -0.05) is 17.7 Å². The molecule has 104 valence electrons. The van der Waals surface area contributed by atoms with Gasteiger partial charge in [-0.05, 0) is 37.3 Å². The molecule has 1 aromatic carbocycles. The second kappa shape index (κ2) is 6.91. The van der Waals surface area contributed by atoms with Gasteiger partial charge in [0.25, 0.3) is 5.91 Å². The summed E-state index contributed by atoms with van der Waals surface area (Å²) < 4.78 is 5.43. The fourth-order valence-electron chi connectivity index (χ4n) is 1.73. The lowest BCUT2D eigenvalue weighted by Gasteiger charge is -2.10. The zero-order valence-electron chi connectivity index (χ0n) is 11.1. The Hall–Kier alpha value is -2.07. The zero-order chi connectivity index (χ0) is 14.4. The minimum atomic E-state index is -0.235. The molecule has 1 N–H and O–H groups in total. The van der Waals surface area contributed by atoms with E-state index in [1.54, 1.807) is 24.4 Å². The molecular weight excluding hydrogens is 276 g/mol. The van der Waals surface area contributed by atoms with Crippen molar-refractivity contribution in [2.75, 3.05) is 6.61 Å². The van der Waals surface area contributed by atoms with Crippen LogP contribution in [0.1, 0.15) is 23.0 Å². The maximum Gasteiger partial charge on any atom is 0.255 e. The van der Waals surface area contributed by atoms with Gasteiger partial charge in [0.05, 0.1) is 24.4 Å². The van der Waals surface area contributed by atoms with Crippen molar-refractivity contribution in [2.24, 2.45) is 0 Å². The monoisotopic (exact) mass is 290 g/mol. The molecule has 0 aliphatic rings. The number of carbonyl (C=O) groups excluding carboxylic acids is 1. The van der Waals surface area contributed by atoms with Crippen molar-refractivity contribution in [1.82, 2.24) is 10.3 Å². The van der Waals surface area contributed by atoms with E-state index in [-0.39, 0.29) is 5.91 Å². The Morgan fingerprint density at radius 3 is 2.90 bits per heavy atom. The standard InChI is InChI=1S/C15H15ClN2O2/c1-2-20-14-7-6-11(16)9-13(14)15(19)18-10-12-5-3-4-8-17-12/h3-9H,2,10H2,1H3,(H,18,19). The molecule has 0 aliphatic heterocycles. The molecule has 4 nitrogen and oxygen atoms in total. The van der Waals surface area contributed by atoms with Crippen LogP contribution in [-0.2, 0) is 6.54 Å². The Bertz CT molecular complexity index is 588. The van der Waals surface area contributed by atoms with E-state index in [1.165, 1.54) is 0 Å². The maximum absolute atomic E-state index is 12.2. The smallest absolute Gasteiger partial charge is 0.255 e. The summed E-state index contributed by atoms with van der Waals surface area (Å²) in [6.07, 6.45) is 1.69. The Labute approximate surface area is 122 Å². The second-order valence-corrected chi connectivity index (χ2v) is 4.51. The van der Waals surface area contributed by atoms with Crippen LogP contribution in [-0.4, -0.2) is 17.5 Å². The van der Waals surface area contributed by atoms with Crippen LogP contribution in [0.15, 0.2) is 42.6 Å². The summed E-state index contributed by atoms with van der Waals surface area (Å²) >= 11 is 5.93. The summed E-state index contributed by atoms with van der Waals surface area (Å²) in [6, 6.07) is 10.5. The van der Waals surface area contributed by atoms with Gasteiger partial charge in [0.1, 0.15) is 5.75 Å². The Morgan fingerprint density at radius 2 is 2.20 bits per heavy atom. The molecule has 2 rings (SSSR count). The predicted octanol–water partition coefficient (Wildman–Crippen LogP) is 3.06. The first-order valence-electron chi connectivity index (χ1n) is 6.31. The van der Waals surface area contributed by atoms with Gasteiger partial charge in [-0.2, -0.15) is 0 Å². The summed E-state index contributed by atoms with van der Waals surface area (Å²) in [5.74, 6) is 0.289. The molecule has 0 bridgehead atoms. The van der Waals surface area contributed by atoms with Crippen LogP contribution in [0.4, 0.5) is 0 Å². The summed E-state index contributed by atoms with van der Waals surface area (Å²) in [7, 11) is 0. The molecule has 0 spiro atoms. The van der Waals surface area contributed by atoms with Crippen molar-refractivity contribution >= 4 is 17.5 Å². The predicted molar refractivity (Wildman–Crippen MR) is 78.0 cm³/mol. The molecule has 0 atom stereocenters. The zero-order valence-corrected chi connectivity index (χ0v) is 11.9. The van der Waals surface area contributed by atoms with E-state index < -0.39 is 0 Å². The van der Waals surface area contributed by atoms with E-state index in [2.05, 4.69) is 10.3 Å². The molecule has 0 saturated carbocycles. The average Bonchev–Trinajstić information content (AvgIpc) is 2.48. The van der Waals surface area contributed by atoms with E-state index in [4.69, 9.17) is 16.3 Å². The Morgan fingerprint density at radius 1 is 1.35 bits per heavy atom. The van der Waals surface area contributed by atoms with Gasteiger partial charge < -0.3 is 10.1 Å². The lowest BCUT2D eigenvalue weighted by atomic mass is 10.2. The Balaban J connectivity index is 2.10. The van der Waals surface area contributed by atoms with Gasteiger partial charge in [0.15, 0.2) is 0 Å². The van der Waals surface area contributed by atoms with E-state index in [1.807, 2.05) is 25.1 Å². The highest BCUT2D eigenvalue weighted by Crippen LogP contribution is 2.23. The molecule has 0 saturated heterocycles. The normalized spacial score (nSPS) is 10.1. The summed E-state index contributed by atoms with van der Waals surface area (Å²) in [5, 5.41) is 3.30. The number of hydrogen-bond donors (Lipinski definition) is 1. The quantitative estimate of drug-likeness (QED) is 0.921. The van der Waals surface area contributed by atoms with E-state index >= 15 is 0 Å². The number of rotatable bonds is 5. The van der Waals surface area contributed by atoms with Crippen molar-refractivity contribution in [3.05, 3.63) is 58.9 Å². The number of amides is 1. The molecule has 20 heavy (non-hydrogen) atoms. The first kappa shape index (κ1) is 14.3. The minimum Gasteiger partial charge on any atom is -0.493 e. The third-order valence-electron chi connectivity index (χ3n) is 2.64. The molecule has 1 aromatic heterocycles. The summed E-state index contributed by atoms with van der Waals surface area (Å²) in [5.41, 5.74) is 1.22. The molecule has 2 aromatic rings. The van der Waals surface area contributed by atoms with E-state index in [0.29, 0.717) is 29.5 Å². The lowest BCUT2D eigenvalue weighted by molar-refractivity contribution is 0.0946. The number of benzene rings is 1. The van der Waals surface area contributed by atoms with Crippen molar-refractivity contribution in [3.63, 3.8) is 0 Å². The maximum atomic E-state index is 12.2. The minimum absolute atomic E-state index is 0.235. The van der Waals surface area contributed by atoms with Gasteiger partial charge in [-0.25, -0.2) is 0 Å². The number of nitrogens with zero attached hydrogens (tertiary/aromatic N) is 1. The van der Waals surface area contributed by atoms with Crippen LogP contribution >= 0.6 is 11.6 Å². The first-order chi connectivity index (χ1) is 9.70. The van der Waals surface area contributed by atoms with Gasteiger partial charge >= 0.3 is 0 Å². The molecule has 1 amide bonds. The van der Waals surface area contributed by atoms with Crippen molar-refractivity contribution in [1.29, 1.82) is 0 Å². The number of halogens is 1. The van der Waals surface area contributed by atoms with Crippen LogP contribution in [0, 0.1) is 0 Å². The average molecular weight is 291 g/mol. The molecule has 1 heterocycles. The third-order valence-corrected chi connectivity index (χ3v) is 2.88. The van der Waals surface area contributed by atoms with Gasteiger partial charge in [-0.3, -0.25) is 9.78 Å². The van der Waals surface area contributed by atoms with Crippen molar-refractivity contribution < 1.29 is 9.53 Å². The third kappa shape index (κ3) is 3.71. The van der Waals surface area contributed by atoms with Crippen LogP contribution in [0.25, 0.3) is 0 Å². The number of pyridine rings is 1. The molecule has 0 aliphatic carbocycles. The van der Waals surface area contributed by atoms with Crippen molar-refractivity contribution in [3.8, 4) is 5.75 Å². The van der Waals surface area contributed by atoms with E-state index in [9.17, 15) is 4.79 Å². The molecule has 0 fully saturated rings. The highest BCUT2D eigenvalue weighted by molar-refractivity contribution is 6.31. The van der Waals surface area contributed by atoms with Gasteiger partial charge in [-0.15, -0.1) is 0 Å². The number of ether oxygens (including phenoxy) is 1. The fraction of sp³-hybridized carbons (Fsp3) is 0.200. The fourth-order valence-corrected chi connectivity index (χ4v) is 1.90. The molecule has 0 radical (unpaired) electrons. The number of carbonyl (C=O) groups is 1. The SMILES string of the molecule is CCOc1ccc(Cl)cc1C(=O)NCc1ccccn1. The van der Waals surface area contributed by atoms with Crippen LogP contribution in [0.5, 0.6) is 5.75 Å².